The predicted molar refractivity (Wildman–Crippen MR) is 126 cm³/mol. The van der Waals surface area contributed by atoms with Gasteiger partial charge in [-0.2, -0.15) is 4.99 Å². The third-order valence-electron chi connectivity index (χ3n) is 4.14. The summed E-state index contributed by atoms with van der Waals surface area (Å²) in [6.07, 6.45) is 0. The minimum absolute atomic E-state index is 0.0327. The number of carbonyl (C=O) groups excluding carboxylic acids is 1. The van der Waals surface area contributed by atoms with Gasteiger partial charge in [0.2, 0.25) is 17.6 Å². The van der Waals surface area contributed by atoms with E-state index >= 15 is 0 Å². The first kappa shape index (κ1) is 24.5. The highest BCUT2D eigenvalue weighted by molar-refractivity contribution is 6.29. The number of guanidine groups is 1. The molecule has 2 aromatic carbocycles. The van der Waals surface area contributed by atoms with Gasteiger partial charge in [-0.25, -0.2) is 4.99 Å². The molecule has 0 aliphatic carbocycles. The zero-order chi connectivity index (χ0) is 23.7. The van der Waals surface area contributed by atoms with Crippen LogP contribution in [0.25, 0.3) is 0 Å². The second-order valence-electron chi connectivity index (χ2n) is 6.15. The molecule has 0 aromatic heterocycles. The summed E-state index contributed by atoms with van der Waals surface area (Å²) >= 11 is 6.20. The molecule has 0 saturated carbocycles. The number of hydrogen-bond donors (Lipinski definition) is 2. The molecule has 2 rings (SSSR count). The van der Waals surface area contributed by atoms with E-state index in [1.54, 1.807) is 43.3 Å². The second kappa shape index (κ2) is 11.6. The standard InChI is InChI=1S/C22H25ClN4O5/c1-13(23)21(32-16-10-8-7-9-15(16)20(28)24-2)27-22(25-3)26-14-11-17(29-4)19(31-6)18(12-14)30-5/h7-12H,3H2,1-2,4-6H3,(H,24,28)(H,26,27)/b21-13-. The molecule has 0 heterocycles. The maximum atomic E-state index is 12.1. The summed E-state index contributed by atoms with van der Waals surface area (Å²) in [5.41, 5.74) is 0.870. The maximum absolute atomic E-state index is 12.1. The number of halogens is 1. The van der Waals surface area contributed by atoms with E-state index in [1.165, 1.54) is 28.4 Å². The third kappa shape index (κ3) is 5.92. The lowest BCUT2D eigenvalue weighted by Gasteiger charge is -2.15. The Labute approximate surface area is 191 Å². The van der Waals surface area contributed by atoms with Crippen molar-refractivity contribution in [3.8, 4) is 23.0 Å². The van der Waals surface area contributed by atoms with E-state index in [4.69, 9.17) is 30.5 Å². The van der Waals surface area contributed by atoms with Crippen molar-refractivity contribution >= 4 is 35.9 Å². The number of allylic oxidation sites excluding steroid dienone is 1. The minimum Gasteiger partial charge on any atom is -0.493 e. The molecule has 0 aliphatic heterocycles. The van der Waals surface area contributed by atoms with Crippen molar-refractivity contribution in [3.05, 3.63) is 52.9 Å². The second-order valence-corrected chi connectivity index (χ2v) is 6.72. The number of benzene rings is 2. The first-order chi connectivity index (χ1) is 15.4. The fourth-order valence-corrected chi connectivity index (χ4v) is 2.71. The van der Waals surface area contributed by atoms with Crippen LogP contribution in [0.5, 0.6) is 23.0 Å². The summed E-state index contributed by atoms with van der Waals surface area (Å²) in [6.45, 7) is 5.14. The lowest BCUT2D eigenvalue weighted by molar-refractivity contribution is 0.0960. The fraction of sp³-hybridized carbons (Fsp3) is 0.227. The molecule has 0 radical (unpaired) electrons. The van der Waals surface area contributed by atoms with E-state index in [2.05, 4.69) is 27.3 Å². The lowest BCUT2D eigenvalue weighted by Crippen LogP contribution is -2.19. The van der Waals surface area contributed by atoms with Crippen molar-refractivity contribution in [2.45, 2.75) is 6.92 Å². The van der Waals surface area contributed by atoms with Gasteiger partial charge >= 0.3 is 0 Å². The number of amides is 1. The van der Waals surface area contributed by atoms with Crippen LogP contribution in [0.1, 0.15) is 17.3 Å². The van der Waals surface area contributed by atoms with Crippen molar-refractivity contribution in [2.24, 2.45) is 9.98 Å². The topological polar surface area (TPSA) is 103 Å². The first-order valence-electron chi connectivity index (χ1n) is 9.36. The number of nitrogens with zero attached hydrogens (tertiary/aromatic N) is 2. The number of rotatable bonds is 8. The molecule has 2 aromatic rings. The Kier molecular flexibility index (Phi) is 8.91. The van der Waals surface area contributed by atoms with Crippen LogP contribution in [-0.4, -0.2) is 47.0 Å². The number of aliphatic imine (C=N–C) groups is 2. The number of carbonyl (C=O) groups is 1. The van der Waals surface area contributed by atoms with Gasteiger partial charge in [0.1, 0.15) is 5.75 Å². The Hall–Kier alpha value is -3.72. The number of para-hydroxylation sites is 1. The summed E-state index contributed by atoms with van der Waals surface area (Å²) in [5, 5.41) is 5.80. The summed E-state index contributed by atoms with van der Waals surface area (Å²) in [6, 6.07) is 10.1. The van der Waals surface area contributed by atoms with Gasteiger partial charge in [-0.15, -0.1) is 0 Å². The monoisotopic (exact) mass is 460 g/mol. The minimum atomic E-state index is -0.311. The summed E-state index contributed by atoms with van der Waals surface area (Å²) in [5.74, 6) is 1.42. The molecule has 170 valence electrons. The molecular formula is C22H25ClN4O5. The van der Waals surface area contributed by atoms with Crippen LogP contribution < -0.4 is 29.6 Å². The largest absolute Gasteiger partial charge is 0.493 e. The van der Waals surface area contributed by atoms with Gasteiger partial charge in [0.05, 0.1) is 31.9 Å². The van der Waals surface area contributed by atoms with Crippen molar-refractivity contribution in [3.63, 3.8) is 0 Å². The average molecular weight is 461 g/mol. The van der Waals surface area contributed by atoms with E-state index in [9.17, 15) is 4.79 Å². The molecule has 0 aliphatic rings. The van der Waals surface area contributed by atoms with Crippen LogP contribution in [0.15, 0.2) is 57.3 Å². The molecule has 0 atom stereocenters. The van der Waals surface area contributed by atoms with Gasteiger partial charge in [-0.05, 0) is 25.8 Å². The molecule has 0 saturated heterocycles. The van der Waals surface area contributed by atoms with Gasteiger partial charge in [-0.3, -0.25) is 4.79 Å². The summed E-state index contributed by atoms with van der Waals surface area (Å²) < 4.78 is 21.9. The zero-order valence-electron chi connectivity index (χ0n) is 18.5. The molecule has 9 nitrogen and oxygen atoms in total. The number of hydrogen-bond acceptors (Lipinski definition) is 6. The Morgan fingerprint density at radius 2 is 1.66 bits per heavy atom. The Morgan fingerprint density at radius 3 is 2.16 bits per heavy atom. The Balaban J connectivity index is 2.40. The quantitative estimate of drug-likeness (QED) is 0.350. The third-order valence-corrected chi connectivity index (χ3v) is 4.30. The molecule has 0 fully saturated rings. The number of ether oxygens (including phenoxy) is 4. The highest BCUT2D eigenvalue weighted by atomic mass is 35.5. The smallest absolute Gasteiger partial charge is 0.254 e. The highest BCUT2D eigenvalue weighted by Crippen LogP contribution is 2.40. The molecule has 2 N–H and O–H groups in total. The van der Waals surface area contributed by atoms with Crippen LogP contribution in [0.3, 0.4) is 0 Å². The van der Waals surface area contributed by atoms with E-state index in [-0.39, 0.29) is 28.5 Å². The molecular weight excluding hydrogens is 436 g/mol. The Bertz CT molecular complexity index is 1020. The van der Waals surface area contributed by atoms with Crippen LogP contribution >= 0.6 is 11.6 Å². The van der Waals surface area contributed by atoms with E-state index in [0.29, 0.717) is 28.5 Å². The molecule has 0 bridgehead atoms. The van der Waals surface area contributed by atoms with E-state index in [1.807, 2.05) is 0 Å². The number of anilines is 1. The van der Waals surface area contributed by atoms with E-state index < -0.39 is 0 Å². The Morgan fingerprint density at radius 1 is 1.03 bits per heavy atom. The van der Waals surface area contributed by atoms with Crippen molar-refractivity contribution < 1.29 is 23.7 Å². The summed E-state index contributed by atoms with van der Waals surface area (Å²) in [7, 11) is 6.07. The molecule has 32 heavy (non-hydrogen) atoms. The van der Waals surface area contributed by atoms with Gasteiger partial charge in [0.25, 0.3) is 5.91 Å². The summed E-state index contributed by atoms with van der Waals surface area (Å²) in [4.78, 5) is 20.3. The normalized spacial score (nSPS) is 11.8. The van der Waals surface area contributed by atoms with Crippen molar-refractivity contribution in [1.29, 1.82) is 0 Å². The first-order valence-corrected chi connectivity index (χ1v) is 9.74. The zero-order valence-corrected chi connectivity index (χ0v) is 19.2. The average Bonchev–Trinajstić information content (AvgIpc) is 2.81. The molecule has 1 amide bonds. The van der Waals surface area contributed by atoms with Gasteiger partial charge in [0.15, 0.2) is 11.5 Å². The van der Waals surface area contributed by atoms with Crippen LogP contribution in [0.4, 0.5) is 5.69 Å². The van der Waals surface area contributed by atoms with Gasteiger partial charge in [-0.1, -0.05) is 23.7 Å². The van der Waals surface area contributed by atoms with Gasteiger partial charge in [0, 0.05) is 24.9 Å². The fourth-order valence-electron chi connectivity index (χ4n) is 2.63. The van der Waals surface area contributed by atoms with Crippen LogP contribution in [0, 0.1) is 0 Å². The van der Waals surface area contributed by atoms with Crippen molar-refractivity contribution in [2.75, 3.05) is 33.7 Å². The van der Waals surface area contributed by atoms with Crippen LogP contribution in [0.2, 0.25) is 0 Å². The number of nitrogens with one attached hydrogen (secondary N) is 2. The molecule has 0 unspecified atom stereocenters. The number of methoxy groups -OCH3 is 3. The van der Waals surface area contributed by atoms with E-state index in [0.717, 1.165) is 0 Å². The molecule has 10 heteroatoms. The lowest BCUT2D eigenvalue weighted by atomic mass is 10.2. The van der Waals surface area contributed by atoms with Gasteiger partial charge < -0.3 is 29.6 Å². The predicted octanol–water partition coefficient (Wildman–Crippen LogP) is 4.05. The van der Waals surface area contributed by atoms with Crippen molar-refractivity contribution in [1.82, 2.24) is 5.32 Å². The maximum Gasteiger partial charge on any atom is 0.254 e. The SMILES string of the molecule is C=NC(=N/C(Oc1ccccc1C(=O)NC)=C(\C)Cl)Nc1cc(OC)c(OC)c(OC)c1. The van der Waals surface area contributed by atoms with Crippen LogP contribution in [-0.2, 0) is 0 Å². The highest BCUT2D eigenvalue weighted by Gasteiger charge is 2.16. The molecule has 0 spiro atoms.